The smallest absolute Gasteiger partial charge is 0.148 e. The lowest BCUT2D eigenvalue weighted by atomic mass is 9.78. The first-order chi connectivity index (χ1) is 13.8. The van der Waals surface area contributed by atoms with Crippen LogP contribution in [0.1, 0.15) is 25.0 Å². The van der Waals surface area contributed by atoms with Crippen molar-refractivity contribution < 1.29 is 18.9 Å². The van der Waals surface area contributed by atoms with E-state index in [1.165, 1.54) is 25.4 Å². The molecule has 4 rings (SSSR count). The van der Waals surface area contributed by atoms with E-state index in [0.29, 0.717) is 13.2 Å². The summed E-state index contributed by atoms with van der Waals surface area (Å²) in [6.45, 7) is 7.43. The van der Waals surface area contributed by atoms with E-state index in [-0.39, 0.29) is 17.6 Å². The standard InChI is InChI=1S/C21H20I4O4/c1-21(2,11-3-5-12(6-4-11)26-7-13-8-27-13)15-16(22)18(24)20(19(25)17(15)23)29-10-14-9-28-14/h3-6,13-14H,7-10H2,1-2H3. The molecule has 156 valence electrons. The molecule has 2 saturated heterocycles. The van der Waals surface area contributed by atoms with Gasteiger partial charge in [-0.2, -0.15) is 0 Å². The highest BCUT2D eigenvalue weighted by Crippen LogP contribution is 2.45. The SMILES string of the molecule is CC(C)(c1ccc(OCC2CO2)cc1)c1c(I)c(I)c(OCC2CO2)c(I)c1I. The Bertz CT molecular complexity index is 877. The number of ether oxygens (including phenoxy) is 4. The van der Waals surface area contributed by atoms with Gasteiger partial charge in [0.25, 0.3) is 0 Å². The number of epoxide rings is 2. The van der Waals surface area contributed by atoms with Gasteiger partial charge in [-0.3, -0.25) is 0 Å². The molecular weight excluding hydrogens is 824 g/mol. The van der Waals surface area contributed by atoms with E-state index in [2.05, 4.69) is 128 Å². The van der Waals surface area contributed by atoms with Crippen molar-refractivity contribution >= 4 is 90.4 Å². The third kappa shape index (κ3) is 5.28. The minimum atomic E-state index is -0.150. The van der Waals surface area contributed by atoms with E-state index in [4.69, 9.17) is 18.9 Å². The van der Waals surface area contributed by atoms with Crippen LogP contribution in [0.15, 0.2) is 24.3 Å². The van der Waals surface area contributed by atoms with E-state index in [1.807, 2.05) is 0 Å². The Labute approximate surface area is 225 Å². The molecule has 0 radical (unpaired) electrons. The third-order valence-electron chi connectivity index (χ3n) is 5.08. The van der Waals surface area contributed by atoms with Crippen LogP contribution in [-0.2, 0) is 14.9 Å². The summed E-state index contributed by atoms with van der Waals surface area (Å²) >= 11 is 9.76. The highest BCUT2D eigenvalue weighted by molar-refractivity contribution is 14.1. The van der Waals surface area contributed by atoms with E-state index in [0.717, 1.165) is 24.7 Å². The van der Waals surface area contributed by atoms with Crippen molar-refractivity contribution in [3.05, 3.63) is 49.7 Å². The highest BCUT2D eigenvalue weighted by Gasteiger charge is 2.33. The fourth-order valence-corrected chi connectivity index (χ4v) is 7.89. The Balaban J connectivity index is 1.62. The maximum Gasteiger partial charge on any atom is 0.148 e. The minimum Gasteiger partial charge on any atom is -0.491 e. The maximum atomic E-state index is 6.12. The van der Waals surface area contributed by atoms with Gasteiger partial charge in [0.1, 0.15) is 36.9 Å². The summed E-state index contributed by atoms with van der Waals surface area (Å²) in [6.07, 6.45) is 0.519. The van der Waals surface area contributed by atoms with Crippen molar-refractivity contribution in [3.8, 4) is 11.5 Å². The molecule has 2 heterocycles. The fraction of sp³-hybridized carbons (Fsp3) is 0.429. The normalized spacial score (nSPS) is 20.5. The Morgan fingerprint density at radius 2 is 1.31 bits per heavy atom. The summed E-state index contributed by atoms with van der Waals surface area (Å²) in [6, 6.07) is 8.46. The number of hydrogen-bond acceptors (Lipinski definition) is 4. The van der Waals surface area contributed by atoms with Gasteiger partial charge in [0.2, 0.25) is 0 Å². The molecule has 2 atom stereocenters. The van der Waals surface area contributed by atoms with Gasteiger partial charge in [0.15, 0.2) is 0 Å². The zero-order chi connectivity index (χ0) is 20.8. The average Bonchev–Trinajstić information content (AvgIpc) is 3.60. The second kappa shape index (κ2) is 9.40. The Hall–Kier alpha value is 0.880. The van der Waals surface area contributed by atoms with E-state index >= 15 is 0 Å². The molecule has 4 nitrogen and oxygen atoms in total. The van der Waals surface area contributed by atoms with Gasteiger partial charge in [0, 0.05) is 12.6 Å². The van der Waals surface area contributed by atoms with Crippen LogP contribution in [-0.4, -0.2) is 38.6 Å². The average molecular weight is 844 g/mol. The zero-order valence-corrected chi connectivity index (χ0v) is 24.6. The van der Waals surface area contributed by atoms with Crippen LogP contribution in [0, 0.1) is 14.3 Å². The molecule has 2 aliphatic heterocycles. The van der Waals surface area contributed by atoms with Crippen LogP contribution < -0.4 is 9.47 Å². The summed E-state index contributed by atoms with van der Waals surface area (Å²) < 4.78 is 27.3. The van der Waals surface area contributed by atoms with Crippen LogP contribution in [0.2, 0.25) is 0 Å². The molecule has 2 aliphatic rings. The summed E-state index contributed by atoms with van der Waals surface area (Å²) in [5.41, 5.74) is 2.45. The van der Waals surface area contributed by atoms with E-state index in [9.17, 15) is 0 Å². The molecule has 0 saturated carbocycles. The molecule has 0 bridgehead atoms. The van der Waals surface area contributed by atoms with Crippen LogP contribution in [0.3, 0.4) is 0 Å². The molecule has 29 heavy (non-hydrogen) atoms. The molecule has 0 N–H and O–H groups in total. The molecular formula is C21H20I4O4. The molecule has 2 aromatic rings. The molecule has 2 unspecified atom stereocenters. The molecule has 0 spiro atoms. The van der Waals surface area contributed by atoms with Crippen molar-refractivity contribution in [1.29, 1.82) is 0 Å². The maximum absolute atomic E-state index is 6.12. The van der Waals surface area contributed by atoms with Crippen LogP contribution in [0.5, 0.6) is 11.5 Å². The first-order valence-corrected chi connectivity index (χ1v) is 13.6. The summed E-state index contributed by atoms with van der Waals surface area (Å²) in [5, 5.41) is 0. The van der Waals surface area contributed by atoms with Crippen molar-refractivity contribution in [3.63, 3.8) is 0 Å². The lowest BCUT2D eigenvalue weighted by molar-refractivity contribution is 0.259. The van der Waals surface area contributed by atoms with E-state index in [1.54, 1.807) is 0 Å². The molecule has 2 aromatic carbocycles. The molecule has 0 aliphatic carbocycles. The van der Waals surface area contributed by atoms with Crippen molar-refractivity contribution in [2.24, 2.45) is 0 Å². The van der Waals surface area contributed by atoms with Gasteiger partial charge >= 0.3 is 0 Å². The van der Waals surface area contributed by atoms with Crippen LogP contribution >= 0.6 is 90.4 Å². The first-order valence-electron chi connectivity index (χ1n) is 9.24. The van der Waals surface area contributed by atoms with Gasteiger partial charge in [-0.05, 0) is 114 Å². The Morgan fingerprint density at radius 1 is 0.828 bits per heavy atom. The molecule has 2 fully saturated rings. The first kappa shape index (κ1) is 23.1. The summed E-state index contributed by atoms with van der Waals surface area (Å²) in [4.78, 5) is 0. The second-order valence-electron chi connectivity index (χ2n) is 7.64. The minimum absolute atomic E-state index is 0.150. The van der Waals surface area contributed by atoms with Gasteiger partial charge in [-0.1, -0.05) is 26.0 Å². The number of halogens is 4. The van der Waals surface area contributed by atoms with Gasteiger partial charge in [-0.25, -0.2) is 0 Å². The molecule has 0 aromatic heterocycles. The fourth-order valence-electron chi connectivity index (χ4n) is 3.09. The number of hydrogen-bond donors (Lipinski definition) is 0. The second-order valence-corrected chi connectivity index (χ2v) is 12.0. The third-order valence-corrected chi connectivity index (χ3v) is 11.4. The lowest BCUT2D eigenvalue weighted by Gasteiger charge is -2.30. The summed E-state index contributed by atoms with van der Waals surface area (Å²) in [5.74, 6) is 1.86. The monoisotopic (exact) mass is 844 g/mol. The van der Waals surface area contributed by atoms with Crippen LogP contribution in [0.4, 0.5) is 0 Å². The molecule has 0 amide bonds. The topological polar surface area (TPSA) is 43.5 Å². The van der Waals surface area contributed by atoms with Gasteiger partial charge in [-0.15, -0.1) is 0 Å². The van der Waals surface area contributed by atoms with Crippen molar-refractivity contribution in [2.75, 3.05) is 26.4 Å². The molecule has 8 heteroatoms. The van der Waals surface area contributed by atoms with Gasteiger partial charge in [0.05, 0.1) is 20.4 Å². The summed E-state index contributed by atoms with van der Waals surface area (Å²) in [7, 11) is 0. The predicted octanol–water partition coefficient (Wildman–Crippen LogP) is 5.99. The zero-order valence-electron chi connectivity index (χ0n) is 15.9. The largest absolute Gasteiger partial charge is 0.491 e. The van der Waals surface area contributed by atoms with Crippen molar-refractivity contribution in [2.45, 2.75) is 31.5 Å². The van der Waals surface area contributed by atoms with E-state index < -0.39 is 0 Å². The quantitative estimate of drug-likeness (QED) is 0.187. The van der Waals surface area contributed by atoms with Crippen LogP contribution in [0.25, 0.3) is 0 Å². The number of benzene rings is 2. The lowest BCUT2D eigenvalue weighted by Crippen LogP contribution is -2.24. The highest BCUT2D eigenvalue weighted by atomic mass is 127. The van der Waals surface area contributed by atoms with Crippen molar-refractivity contribution in [1.82, 2.24) is 0 Å². The van der Waals surface area contributed by atoms with Gasteiger partial charge < -0.3 is 18.9 Å². The number of rotatable bonds is 8. The predicted molar refractivity (Wildman–Crippen MR) is 146 cm³/mol. The Morgan fingerprint density at radius 3 is 1.79 bits per heavy atom. The Kier molecular flexibility index (Phi) is 7.47.